The first-order valence-corrected chi connectivity index (χ1v) is 6.68. The molecule has 4 nitrogen and oxygen atoms in total. The van der Waals surface area contributed by atoms with E-state index >= 15 is 0 Å². The molecule has 4 heteroatoms. The molecule has 0 atom stereocenters. The van der Waals surface area contributed by atoms with Gasteiger partial charge in [0, 0.05) is 17.8 Å². The van der Waals surface area contributed by atoms with E-state index in [-0.39, 0.29) is 0 Å². The van der Waals surface area contributed by atoms with E-state index in [0.717, 1.165) is 41.4 Å². The molecule has 0 radical (unpaired) electrons. The van der Waals surface area contributed by atoms with Crippen LogP contribution in [0.15, 0.2) is 18.2 Å². The zero-order valence-corrected chi connectivity index (χ0v) is 11.4. The van der Waals surface area contributed by atoms with Gasteiger partial charge in [-0.05, 0) is 43.5 Å². The van der Waals surface area contributed by atoms with Crippen LogP contribution in [0.4, 0.5) is 0 Å². The van der Waals surface area contributed by atoms with Crippen molar-refractivity contribution in [2.24, 2.45) is 5.73 Å². The van der Waals surface area contributed by atoms with Gasteiger partial charge in [0.15, 0.2) is 0 Å². The first-order valence-electron chi connectivity index (χ1n) is 6.68. The van der Waals surface area contributed by atoms with Gasteiger partial charge < -0.3 is 15.0 Å². The molecule has 100 valence electrons. The average molecular weight is 257 g/mol. The van der Waals surface area contributed by atoms with E-state index in [1.165, 1.54) is 12.1 Å². The van der Waals surface area contributed by atoms with Crippen LogP contribution < -0.4 is 10.5 Å². The Morgan fingerprint density at radius 3 is 2.95 bits per heavy atom. The van der Waals surface area contributed by atoms with Crippen LogP contribution in [0.3, 0.4) is 0 Å². The van der Waals surface area contributed by atoms with Gasteiger partial charge in [-0.1, -0.05) is 0 Å². The Hall–Kier alpha value is -1.81. The molecule has 1 aliphatic rings. The Morgan fingerprint density at radius 2 is 2.26 bits per heavy atom. The number of fused-ring (bicyclic) bond motifs is 1. The van der Waals surface area contributed by atoms with Gasteiger partial charge in [0.25, 0.3) is 0 Å². The molecular weight excluding hydrogens is 238 g/mol. The first kappa shape index (κ1) is 12.2. The fraction of sp³-hybridized carbons (Fsp3) is 0.400. The molecule has 0 aliphatic carbocycles. The smallest absolute Gasteiger partial charge is 0.123 e. The molecule has 0 unspecified atom stereocenters. The zero-order chi connectivity index (χ0) is 13.4. The number of ether oxygens (including phenoxy) is 1. The highest BCUT2D eigenvalue weighted by Gasteiger charge is 2.21. The van der Waals surface area contributed by atoms with E-state index in [0.29, 0.717) is 6.54 Å². The molecule has 1 aliphatic heterocycles. The highest BCUT2D eigenvalue weighted by Crippen LogP contribution is 2.31. The maximum absolute atomic E-state index is 5.79. The lowest BCUT2D eigenvalue weighted by atomic mass is 10.1. The minimum Gasteiger partial charge on any atom is -0.496 e. The van der Waals surface area contributed by atoms with Crippen LogP contribution in [-0.2, 0) is 19.5 Å². The van der Waals surface area contributed by atoms with Gasteiger partial charge >= 0.3 is 0 Å². The van der Waals surface area contributed by atoms with Gasteiger partial charge in [-0.3, -0.25) is 0 Å². The van der Waals surface area contributed by atoms with Crippen molar-refractivity contribution in [3.05, 3.63) is 35.3 Å². The monoisotopic (exact) mass is 257 g/mol. The summed E-state index contributed by atoms with van der Waals surface area (Å²) in [6, 6.07) is 6.22. The molecule has 1 aromatic carbocycles. The largest absolute Gasteiger partial charge is 0.496 e. The molecule has 0 fully saturated rings. The van der Waals surface area contributed by atoms with Crippen LogP contribution >= 0.6 is 0 Å². The van der Waals surface area contributed by atoms with Gasteiger partial charge in [0.1, 0.15) is 11.6 Å². The second-order valence-corrected chi connectivity index (χ2v) is 4.97. The Bertz CT molecular complexity index is 616. The number of nitrogens with zero attached hydrogens (tertiary/aromatic N) is 2. The number of benzene rings is 1. The predicted molar refractivity (Wildman–Crippen MR) is 75.2 cm³/mol. The third kappa shape index (κ3) is 1.92. The molecule has 0 amide bonds. The minimum absolute atomic E-state index is 0.502. The molecule has 0 spiro atoms. The van der Waals surface area contributed by atoms with Gasteiger partial charge in [0.05, 0.1) is 19.3 Å². The van der Waals surface area contributed by atoms with Gasteiger partial charge in [-0.2, -0.15) is 0 Å². The molecule has 0 saturated heterocycles. The highest BCUT2D eigenvalue weighted by molar-refractivity contribution is 5.65. The summed E-state index contributed by atoms with van der Waals surface area (Å²) in [6.45, 7) is 3.61. The predicted octanol–water partition coefficient (Wildman–Crippen LogP) is 2.27. The number of aryl methyl sites for hydroxylation is 1. The zero-order valence-electron chi connectivity index (χ0n) is 11.4. The summed E-state index contributed by atoms with van der Waals surface area (Å²) >= 11 is 0. The summed E-state index contributed by atoms with van der Waals surface area (Å²) in [4.78, 5) is 4.71. The molecule has 2 N–H and O–H groups in total. The van der Waals surface area contributed by atoms with E-state index in [1.54, 1.807) is 7.11 Å². The Kier molecular flexibility index (Phi) is 3.03. The van der Waals surface area contributed by atoms with Gasteiger partial charge in [-0.25, -0.2) is 4.98 Å². The second-order valence-electron chi connectivity index (χ2n) is 4.97. The molecule has 1 aromatic heterocycles. The van der Waals surface area contributed by atoms with Crippen molar-refractivity contribution in [2.45, 2.75) is 32.9 Å². The van der Waals surface area contributed by atoms with Gasteiger partial charge in [0.2, 0.25) is 0 Å². The van der Waals surface area contributed by atoms with Crippen molar-refractivity contribution >= 4 is 0 Å². The van der Waals surface area contributed by atoms with Crippen LogP contribution in [0.2, 0.25) is 0 Å². The SMILES string of the molecule is COc1ccc(-c2nc(CN)n3c2CCC3)cc1C. The van der Waals surface area contributed by atoms with Crippen LogP contribution in [-0.4, -0.2) is 16.7 Å². The van der Waals surface area contributed by atoms with Crippen molar-refractivity contribution in [2.75, 3.05) is 7.11 Å². The summed E-state index contributed by atoms with van der Waals surface area (Å²) in [7, 11) is 1.70. The van der Waals surface area contributed by atoms with Crippen LogP contribution in [0.1, 0.15) is 23.5 Å². The Balaban J connectivity index is 2.10. The normalized spacial score (nSPS) is 13.6. The number of hydrogen-bond donors (Lipinski definition) is 1. The Morgan fingerprint density at radius 1 is 1.42 bits per heavy atom. The maximum atomic E-state index is 5.79. The quantitative estimate of drug-likeness (QED) is 0.917. The number of nitrogens with two attached hydrogens (primary N) is 1. The van der Waals surface area contributed by atoms with Crippen LogP contribution in [0.25, 0.3) is 11.3 Å². The van der Waals surface area contributed by atoms with E-state index in [2.05, 4.69) is 23.6 Å². The van der Waals surface area contributed by atoms with E-state index in [4.69, 9.17) is 15.5 Å². The van der Waals surface area contributed by atoms with Crippen molar-refractivity contribution in [3.8, 4) is 17.0 Å². The lowest BCUT2D eigenvalue weighted by Gasteiger charge is -2.06. The third-order valence-electron chi connectivity index (χ3n) is 3.80. The summed E-state index contributed by atoms with van der Waals surface area (Å²) in [5.74, 6) is 1.91. The molecule has 0 saturated carbocycles. The number of imidazole rings is 1. The minimum atomic E-state index is 0.502. The first-order chi connectivity index (χ1) is 9.24. The summed E-state index contributed by atoms with van der Waals surface area (Å²) in [6.07, 6.45) is 2.28. The number of rotatable bonds is 3. The lowest BCUT2D eigenvalue weighted by molar-refractivity contribution is 0.412. The lowest BCUT2D eigenvalue weighted by Crippen LogP contribution is -2.06. The van der Waals surface area contributed by atoms with Crippen molar-refractivity contribution < 1.29 is 4.74 Å². The molecule has 2 heterocycles. The highest BCUT2D eigenvalue weighted by atomic mass is 16.5. The van der Waals surface area contributed by atoms with E-state index in [9.17, 15) is 0 Å². The third-order valence-corrected chi connectivity index (χ3v) is 3.80. The summed E-state index contributed by atoms with van der Waals surface area (Å²) in [5.41, 5.74) is 10.5. The average Bonchev–Trinajstić information content (AvgIpc) is 3.00. The standard InChI is InChI=1S/C15H19N3O/c1-10-8-11(5-6-13(10)19-2)15-12-4-3-7-18(12)14(9-16)17-15/h5-6,8H,3-4,7,9,16H2,1-2H3. The second kappa shape index (κ2) is 4.70. The molecule has 19 heavy (non-hydrogen) atoms. The number of aromatic nitrogens is 2. The van der Waals surface area contributed by atoms with E-state index < -0.39 is 0 Å². The maximum Gasteiger partial charge on any atom is 0.123 e. The number of hydrogen-bond acceptors (Lipinski definition) is 3. The van der Waals surface area contributed by atoms with E-state index in [1.807, 2.05) is 6.07 Å². The molecular formula is C15H19N3O. The van der Waals surface area contributed by atoms with Gasteiger partial charge in [-0.15, -0.1) is 0 Å². The van der Waals surface area contributed by atoms with Crippen LogP contribution in [0.5, 0.6) is 5.75 Å². The number of methoxy groups -OCH3 is 1. The fourth-order valence-corrected chi connectivity index (χ4v) is 2.87. The molecule has 3 rings (SSSR count). The van der Waals surface area contributed by atoms with Crippen molar-refractivity contribution in [1.29, 1.82) is 0 Å². The Labute approximate surface area is 113 Å². The molecule has 2 aromatic rings. The fourth-order valence-electron chi connectivity index (χ4n) is 2.87. The molecule has 0 bridgehead atoms. The van der Waals surface area contributed by atoms with Crippen molar-refractivity contribution in [1.82, 2.24) is 9.55 Å². The summed E-state index contributed by atoms with van der Waals surface area (Å²) in [5, 5.41) is 0. The summed E-state index contributed by atoms with van der Waals surface area (Å²) < 4.78 is 7.58. The topological polar surface area (TPSA) is 53.1 Å². The van der Waals surface area contributed by atoms with Crippen molar-refractivity contribution in [3.63, 3.8) is 0 Å². The van der Waals surface area contributed by atoms with Crippen LogP contribution in [0, 0.1) is 6.92 Å².